The SMILES string of the molecule is C[C@H](N[C@@H]1CCCC[C@H]1C)C(=O)Nc1ccc(Cl)cc1Cl. The average molecular weight is 329 g/mol. The van der Waals surface area contributed by atoms with Gasteiger partial charge in [-0.25, -0.2) is 0 Å². The number of halogens is 2. The summed E-state index contributed by atoms with van der Waals surface area (Å²) in [7, 11) is 0. The Morgan fingerprint density at radius 2 is 2.00 bits per heavy atom. The van der Waals surface area contributed by atoms with E-state index in [9.17, 15) is 4.79 Å². The molecule has 0 heterocycles. The van der Waals surface area contributed by atoms with Crippen LogP contribution in [0.5, 0.6) is 0 Å². The third kappa shape index (κ3) is 4.60. The lowest BCUT2D eigenvalue weighted by Gasteiger charge is -2.31. The van der Waals surface area contributed by atoms with Gasteiger partial charge in [0.25, 0.3) is 0 Å². The van der Waals surface area contributed by atoms with Crippen molar-refractivity contribution in [2.75, 3.05) is 5.32 Å². The van der Waals surface area contributed by atoms with Crippen LogP contribution in [0.1, 0.15) is 39.5 Å². The number of rotatable bonds is 4. The van der Waals surface area contributed by atoms with Crippen molar-refractivity contribution in [3.05, 3.63) is 28.2 Å². The first kappa shape index (κ1) is 16.6. The van der Waals surface area contributed by atoms with E-state index in [1.807, 2.05) is 6.92 Å². The van der Waals surface area contributed by atoms with E-state index >= 15 is 0 Å². The van der Waals surface area contributed by atoms with Crippen LogP contribution < -0.4 is 10.6 Å². The number of hydrogen-bond donors (Lipinski definition) is 2. The molecular formula is C16H22Cl2N2O. The van der Waals surface area contributed by atoms with Crippen LogP contribution in [-0.2, 0) is 4.79 Å². The zero-order valence-electron chi connectivity index (χ0n) is 12.5. The molecule has 1 saturated carbocycles. The van der Waals surface area contributed by atoms with Gasteiger partial charge in [0.1, 0.15) is 0 Å². The van der Waals surface area contributed by atoms with E-state index in [1.54, 1.807) is 18.2 Å². The van der Waals surface area contributed by atoms with E-state index in [0.29, 0.717) is 27.7 Å². The molecule has 0 spiro atoms. The Bertz CT molecular complexity index is 507. The van der Waals surface area contributed by atoms with Crippen molar-refractivity contribution in [2.45, 2.75) is 51.6 Å². The van der Waals surface area contributed by atoms with Crippen molar-refractivity contribution < 1.29 is 4.79 Å². The lowest BCUT2D eigenvalue weighted by atomic mass is 9.85. The first-order valence-electron chi connectivity index (χ1n) is 7.49. The van der Waals surface area contributed by atoms with Gasteiger partial charge in [-0.15, -0.1) is 0 Å². The van der Waals surface area contributed by atoms with Crippen molar-refractivity contribution in [1.29, 1.82) is 0 Å². The largest absolute Gasteiger partial charge is 0.323 e. The smallest absolute Gasteiger partial charge is 0.241 e. The number of amides is 1. The zero-order chi connectivity index (χ0) is 15.4. The summed E-state index contributed by atoms with van der Waals surface area (Å²) in [5, 5.41) is 7.30. The van der Waals surface area contributed by atoms with E-state index < -0.39 is 0 Å². The summed E-state index contributed by atoms with van der Waals surface area (Å²) in [6, 6.07) is 5.23. The first-order chi connectivity index (χ1) is 9.97. The molecule has 21 heavy (non-hydrogen) atoms. The maximum Gasteiger partial charge on any atom is 0.241 e. The molecule has 3 atom stereocenters. The van der Waals surface area contributed by atoms with Crippen molar-refractivity contribution in [1.82, 2.24) is 5.32 Å². The van der Waals surface area contributed by atoms with Crippen molar-refractivity contribution in [2.24, 2.45) is 5.92 Å². The minimum Gasteiger partial charge on any atom is -0.323 e. The van der Waals surface area contributed by atoms with Gasteiger partial charge in [0.2, 0.25) is 5.91 Å². The van der Waals surface area contributed by atoms with Crippen LogP contribution in [0.4, 0.5) is 5.69 Å². The molecule has 0 bridgehead atoms. The number of anilines is 1. The topological polar surface area (TPSA) is 41.1 Å². The summed E-state index contributed by atoms with van der Waals surface area (Å²) >= 11 is 11.9. The maximum absolute atomic E-state index is 12.3. The highest BCUT2D eigenvalue weighted by Gasteiger charge is 2.25. The second-order valence-corrected chi connectivity index (χ2v) is 6.71. The van der Waals surface area contributed by atoms with Crippen LogP contribution in [0.3, 0.4) is 0 Å². The number of carbonyl (C=O) groups is 1. The molecule has 3 nitrogen and oxygen atoms in total. The third-order valence-electron chi connectivity index (χ3n) is 4.16. The van der Waals surface area contributed by atoms with Crippen LogP contribution in [0.25, 0.3) is 0 Å². The summed E-state index contributed by atoms with van der Waals surface area (Å²) in [4.78, 5) is 12.3. The molecule has 5 heteroatoms. The molecule has 0 aliphatic heterocycles. The molecule has 1 aromatic carbocycles. The highest BCUT2D eigenvalue weighted by Crippen LogP contribution is 2.26. The lowest BCUT2D eigenvalue weighted by Crippen LogP contribution is -2.47. The Kier molecular flexibility index (Phi) is 5.91. The van der Waals surface area contributed by atoms with Crippen molar-refractivity contribution >= 4 is 34.8 Å². The molecule has 116 valence electrons. The Hall–Kier alpha value is -0.770. The lowest BCUT2D eigenvalue weighted by molar-refractivity contribution is -0.118. The molecule has 1 aromatic rings. The summed E-state index contributed by atoms with van der Waals surface area (Å²) in [6.07, 6.45) is 4.90. The molecule has 0 aromatic heterocycles. The van der Waals surface area contributed by atoms with Gasteiger partial charge in [-0.1, -0.05) is 43.0 Å². The van der Waals surface area contributed by atoms with E-state index in [1.165, 1.54) is 19.3 Å². The molecule has 2 rings (SSSR count). The molecule has 1 fully saturated rings. The molecule has 0 radical (unpaired) electrons. The Morgan fingerprint density at radius 3 is 2.67 bits per heavy atom. The minimum atomic E-state index is -0.248. The summed E-state index contributed by atoms with van der Waals surface area (Å²) < 4.78 is 0. The fourth-order valence-corrected chi connectivity index (χ4v) is 3.25. The second-order valence-electron chi connectivity index (χ2n) is 5.87. The van der Waals surface area contributed by atoms with Gasteiger partial charge in [-0.3, -0.25) is 4.79 Å². The first-order valence-corrected chi connectivity index (χ1v) is 8.25. The highest BCUT2D eigenvalue weighted by atomic mass is 35.5. The van der Waals surface area contributed by atoms with Crippen LogP contribution in [0, 0.1) is 5.92 Å². The van der Waals surface area contributed by atoms with Crippen molar-refractivity contribution in [3.63, 3.8) is 0 Å². The monoisotopic (exact) mass is 328 g/mol. The van der Waals surface area contributed by atoms with E-state index in [2.05, 4.69) is 17.6 Å². The average Bonchev–Trinajstić information content (AvgIpc) is 2.44. The molecule has 1 aliphatic carbocycles. The van der Waals surface area contributed by atoms with Crippen LogP contribution >= 0.6 is 23.2 Å². The highest BCUT2D eigenvalue weighted by molar-refractivity contribution is 6.36. The van der Waals surface area contributed by atoms with E-state index in [0.717, 1.165) is 6.42 Å². The van der Waals surface area contributed by atoms with Gasteiger partial charge >= 0.3 is 0 Å². The number of hydrogen-bond acceptors (Lipinski definition) is 2. The molecule has 0 unspecified atom stereocenters. The van der Waals surface area contributed by atoms with Crippen LogP contribution in [0.15, 0.2) is 18.2 Å². The van der Waals surface area contributed by atoms with Crippen LogP contribution in [-0.4, -0.2) is 18.0 Å². The molecule has 1 aliphatic rings. The van der Waals surface area contributed by atoms with Gasteiger partial charge in [-0.2, -0.15) is 0 Å². The molecule has 2 N–H and O–H groups in total. The van der Waals surface area contributed by atoms with E-state index in [4.69, 9.17) is 23.2 Å². The summed E-state index contributed by atoms with van der Waals surface area (Å²) in [6.45, 7) is 4.14. The van der Waals surface area contributed by atoms with Gasteiger partial charge in [0.05, 0.1) is 16.8 Å². The molecular weight excluding hydrogens is 307 g/mol. The summed E-state index contributed by atoms with van der Waals surface area (Å²) in [5.74, 6) is 0.546. The standard InChI is InChI=1S/C16H22Cl2N2O/c1-10-5-3-4-6-14(10)19-11(2)16(21)20-15-8-7-12(17)9-13(15)18/h7-11,14,19H,3-6H2,1-2H3,(H,20,21)/t10-,11+,14-/m1/s1. The Labute approximate surface area is 136 Å². The zero-order valence-corrected chi connectivity index (χ0v) is 14.0. The van der Waals surface area contributed by atoms with E-state index in [-0.39, 0.29) is 11.9 Å². The Morgan fingerprint density at radius 1 is 1.29 bits per heavy atom. The molecule has 0 saturated heterocycles. The third-order valence-corrected chi connectivity index (χ3v) is 4.71. The maximum atomic E-state index is 12.3. The fraction of sp³-hybridized carbons (Fsp3) is 0.562. The number of carbonyl (C=O) groups excluding carboxylic acids is 1. The van der Waals surface area contributed by atoms with Gasteiger partial charge in [0.15, 0.2) is 0 Å². The van der Waals surface area contributed by atoms with Gasteiger partial charge in [-0.05, 0) is 43.9 Å². The normalized spacial score (nSPS) is 23.6. The minimum absolute atomic E-state index is 0.0722. The van der Waals surface area contributed by atoms with Crippen LogP contribution in [0.2, 0.25) is 10.0 Å². The quantitative estimate of drug-likeness (QED) is 0.854. The van der Waals surface area contributed by atoms with Crippen molar-refractivity contribution in [3.8, 4) is 0 Å². The van der Waals surface area contributed by atoms with Gasteiger partial charge < -0.3 is 10.6 Å². The number of nitrogens with one attached hydrogen (secondary N) is 2. The Balaban J connectivity index is 1.92. The predicted octanol–water partition coefficient (Wildman–Crippen LogP) is 4.49. The summed E-state index contributed by atoms with van der Waals surface area (Å²) in [5.41, 5.74) is 0.594. The predicted molar refractivity (Wildman–Crippen MR) is 89.1 cm³/mol. The molecule has 1 amide bonds. The fourth-order valence-electron chi connectivity index (χ4n) is 2.79. The second kappa shape index (κ2) is 7.48. The number of benzene rings is 1. The van der Waals surface area contributed by atoms with Gasteiger partial charge in [0, 0.05) is 11.1 Å².